The molecule has 0 fully saturated rings. The molecular weight excluding hydrogens is 250 g/mol. The summed E-state index contributed by atoms with van der Waals surface area (Å²) in [5.41, 5.74) is 5.38. The van der Waals surface area contributed by atoms with Gasteiger partial charge in [0.25, 0.3) is 0 Å². The van der Waals surface area contributed by atoms with Gasteiger partial charge in [0.15, 0.2) is 0 Å². The maximum absolute atomic E-state index is 5.60. The molecule has 0 aliphatic rings. The lowest BCUT2D eigenvalue weighted by atomic mass is 10.1. The third kappa shape index (κ3) is 15.9. The van der Waals surface area contributed by atoms with E-state index in [0.717, 1.165) is 6.61 Å². The van der Waals surface area contributed by atoms with Crippen molar-refractivity contribution < 1.29 is 9.47 Å². The largest absolute Gasteiger partial charge is 0.379 e. The third-order valence-corrected chi connectivity index (χ3v) is 3.52. The van der Waals surface area contributed by atoms with Crippen LogP contribution in [0.1, 0.15) is 78.1 Å². The molecule has 1 unspecified atom stereocenters. The average molecular weight is 287 g/mol. The number of rotatable bonds is 16. The topological polar surface area (TPSA) is 44.5 Å². The first-order valence-corrected chi connectivity index (χ1v) is 8.70. The van der Waals surface area contributed by atoms with Gasteiger partial charge in [-0.2, -0.15) is 0 Å². The Morgan fingerprint density at radius 1 is 0.800 bits per heavy atom. The molecule has 3 nitrogen and oxygen atoms in total. The van der Waals surface area contributed by atoms with Gasteiger partial charge in [0, 0.05) is 13.2 Å². The van der Waals surface area contributed by atoms with Crippen LogP contribution in [0.3, 0.4) is 0 Å². The van der Waals surface area contributed by atoms with Gasteiger partial charge in [-0.1, -0.05) is 64.7 Å². The van der Waals surface area contributed by atoms with Gasteiger partial charge in [0.2, 0.25) is 0 Å². The summed E-state index contributed by atoms with van der Waals surface area (Å²) < 4.78 is 11.0. The molecule has 0 rings (SSSR count). The van der Waals surface area contributed by atoms with E-state index in [0.29, 0.717) is 19.8 Å². The standard InChI is InChI=1S/C17H37NO2/c1-3-4-5-6-7-8-9-10-11-12-14-19-16-17(2)20-15-13-18/h17H,3-16,18H2,1-2H3. The maximum atomic E-state index is 5.60. The van der Waals surface area contributed by atoms with E-state index in [2.05, 4.69) is 6.92 Å². The normalized spacial score (nSPS) is 12.8. The van der Waals surface area contributed by atoms with E-state index in [1.807, 2.05) is 6.92 Å². The number of hydrogen-bond acceptors (Lipinski definition) is 3. The van der Waals surface area contributed by atoms with Crippen LogP contribution < -0.4 is 5.73 Å². The molecule has 20 heavy (non-hydrogen) atoms. The second kappa shape index (κ2) is 16.9. The predicted molar refractivity (Wildman–Crippen MR) is 87.1 cm³/mol. The fourth-order valence-electron chi connectivity index (χ4n) is 2.26. The summed E-state index contributed by atoms with van der Waals surface area (Å²) in [5, 5.41) is 0. The Bertz CT molecular complexity index is 176. The van der Waals surface area contributed by atoms with Crippen molar-refractivity contribution in [2.24, 2.45) is 5.73 Å². The van der Waals surface area contributed by atoms with Gasteiger partial charge < -0.3 is 15.2 Å². The van der Waals surface area contributed by atoms with E-state index in [1.54, 1.807) is 0 Å². The molecule has 0 aliphatic heterocycles. The SMILES string of the molecule is CCCCCCCCCCCCOCC(C)OCCN. The Hall–Kier alpha value is -0.120. The van der Waals surface area contributed by atoms with E-state index in [-0.39, 0.29) is 6.10 Å². The van der Waals surface area contributed by atoms with Crippen LogP contribution in [-0.4, -0.2) is 32.5 Å². The van der Waals surface area contributed by atoms with Crippen LogP contribution in [0.5, 0.6) is 0 Å². The smallest absolute Gasteiger partial charge is 0.0781 e. The van der Waals surface area contributed by atoms with Crippen molar-refractivity contribution in [2.45, 2.75) is 84.2 Å². The molecule has 0 aromatic rings. The van der Waals surface area contributed by atoms with E-state index >= 15 is 0 Å². The van der Waals surface area contributed by atoms with Crippen molar-refractivity contribution in [2.75, 3.05) is 26.4 Å². The van der Waals surface area contributed by atoms with E-state index in [4.69, 9.17) is 15.2 Å². The second-order valence-electron chi connectivity index (χ2n) is 5.73. The van der Waals surface area contributed by atoms with Crippen LogP contribution in [0.2, 0.25) is 0 Å². The minimum absolute atomic E-state index is 0.168. The van der Waals surface area contributed by atoms with Crippen LogP contribution in [-0.2, 0) is 9.47 Å². The molecule has 0 heterocycles. The highest BCUT2D eigenvalue weighted by Crippen LogP contribution is 2.10. The summed E-state index contributed by atoms with van der Waals surface area (Å²) in [6.07, 6.45) is 13.8. The molecule has 2 N–H and O–H groups in total. The molecule has 0 aromatic heterocycles. The zero-order valence-electron chi connectivity index (χ0n) is 13.9. The van der Waals surface area contributed by atoms with Gasteiger partial charge in [-0.05, 0) is 13.3 Å². The lowest BCUT2D eigenvalue weighted by molar-refractivity contribution is -0.00441. The molecule has 0 bridgehead atoms. The Kier molecular flexibility index (Phi) is 16.8. The van der Waals surface area contributed by atoms with E-state index < -0.39 is 0 Å². The van der Waals surface area contributed by atoms with Crippen molar-refractivity contribution in [3.8, 4) is 0 Å². The third-order valence-electron chi connectivity index (χ3n) is 3.52. The fraction of sp³-hybridized carbons (Fsp3) is 1.00. The highest BCUT2D eigenvalue weighted by molar-refractivity contribution is 4.49. The summed E-state index contributed by atoms with van der Waals surface area (Å²) in [5.74, 6) is 0. The summed E-state index contributed by atoms with van der Waals surface area (Å²) in [6, 6.07) is 0. The molecule has 0 spiro atoms. The van der Waals surface area contributed by atoms with Crippen molar-refractivity contribution in [1.82, 2.24) is 0 Å². The molecule has 122 valence electrons. The number of unbranched alkanes of at least 4 members (excludes halogenated alkanes) is 9. The molecule has 0 saturated heterocycles. The van der Waals surface area contributed by atoms with Crippen LogP contribution in [0.4, 0.5) is 0 Å². The number of hydrogen-bond donors (Lipinski definition) is 1. The Morgan fingerprint density at radius 2 is 1.35 bits per heavy atom. The molecule has 0 radical (unpaired) electrons. The minimum Gasteiger partial charge on any atom is -0.379 e. The Morgan fingerprint density at radius 3 is 1.90 bits per heavy atom. The highest BCUT2D eigenvalue weighted by atomic mass is 16.5. The Labute approximate surface area is 126 Å². The molecular formula is C17H37NO2. The second-order valence-corrected chi connectivity index (χ2v) is 5.73. The average Bonchev–Trinajstić information content (AvgIpc) is 2.46. The quantitative estimate of drug-likeness (QED) is 0.431. The zero-order valence-corrected chi connectivity index (χ0v) is 13.9. The zero-order chi connectivity index (χ0) is 14.9. The number of ether oxygens (including phenoxy) is 2. The van der Waals surface area contributed by atoms with Gasteiger partial charge in [-0.15, -0.1) is 0 Å². The van der Waals surface area contributed by atoms with Crippen molar-refractivity contribution in [3.63, 3.8) is 0 Å². The van der Waals surface area contributed by atoms with Gasteiger partial charge in [0.05, 0.1) is 19.3 Å². The van der Waals surface area contributed by atoms with Crippen LogP contribution in [0, 0.1) is 0 Å². The summed E-state index contributed by atoms with van der Waals surface area (Å²) in [4.78, 5) is 0. The molecule has 0 saturated carbocycles. The monoisotopic (exact) mass is 287 g/mol. The van der Waals surface area contributed by atoms with Gasteiger partial charge in [-0.25, -0.2) is 0 Å². The molecule has 0 aromatic carbocycles. The van der Waals surface area contributed by atoms with Crippen LogP contribution >= 0.6 is 0 Å². The Balaban J connectivity index is 3.02. The van der Waals surface area contributed by atoms with Crippen LogP contribution in [0.25, 0.3) is 0 Å². The molecule has 1 atom stereocenters. The first-order valence-electron chi connectivity index (χ1n) is 8.70. The van der Waals surface area contributed by atoms with Crippen molar-refractivity contribution in [3.05, 3.63) is 0 Å². The van der Waals surface area contributed by atoms with Crippen LogP contribution in [0.15, 0.2) is 0 Å². The molecule has 0 aliphatic carbocycles. The highest BCUT2D eigenvalue weighted by Gasteiger charge is 2.01. The van der Waals surface area contributed by atoms with Gasteiger partial charge in [-0.3, -0.25) is 0 Å². The summed E-state index contributed by atoms with van der Waals surface area (Å²) in [6.45, 7) is 7.08. The molecule has 3 heteroatoms. The lowest BCUT2D eigenvalue weighted by Crippen LogP contribution is -2.20. The van der Waals surface area contributed by atoms with E-state index in [1.165, 1.54) is 64.2 Å². The first kappa shape index (κ1) is 19.9. The maximum Gasteiger partial charge on any atom is 0.0781 e. The molecule has 0 amide bonds. The van der Waals surface area contributed by atoms with E-state index in [9.17, 15) is 0 Å². The number of nitrogens with two attached hydrogens (primary N) is 1. The summed E-state index contributed by atoms with van der Waals surface area (Å²) in [7, 11) is 0. The van der Waals surface area contributed by atoms with Crippen molar-refractivity contribution in [1.29, 1.82) is 0 Å². The fourth-order valence-corrected chi connectivity index (χ4v) is 2.26. The van der Waals surface area contributed by atoms with Gasteiger partial charge in [0.1, 0.15) is 0 Å². The predicted octanol–water partition coefficient (Wildman–Crippen LogP) is 4.29. The van der Waals surface area contributed by atoms with Gasteiger partial charge >= 0.3 is 0 Å². The first-order chi connectivity index (χ1) is 9.81. The lowest BCUT2D eigenvalue weighted by Gasteiger charge is -2.12. The summed E-state index contributed by atoms with van der Waals surface area (Å²) >= 11 is 0. The minimum atomic E-state index is 0.168. The van der Waals surface area contributed by atoms with Crippen molar-refractivity contribution >= 4 is 0 Å².